The first-order valence-corrected chi connectivity index (χ1v) is 4.83. The Labute approximate surface area is 83.1 Å². The van der Waals surface area contributed by atoms with Gasteiger partial charge in [-0.3, -0.25) is 4.21 Å². The number of halogens is 1. The zero-order valence-electron chi connectivity index (χ0n) is 7.45. The molecule has 2 N–H and O–H groups in total. The molecule has 0 aromatic heterocycles. The molecule has 0 radical (unpaired) electrons. The maximum absolute atomic E-state index is 12.5. The molecule has 1 atom stereocenters. The molecule has 0 aliphatic carbocycles. The van der Waals surface area contributed by atoms with Crippen LogP contribution in [0.1, 0.15) is 11.1 Å². The van der Waals surface area contributed by atoms with E-state index in [-0.39, 0.29) is 16.2 Å². The number of rotatable bonds is 3. The molecule has 0 aliphatic heterocycles. The summed E-state index contributed by atoms with van der Waals surface area (Å²) in [5, 5.41) is 0. The minimum atomic E-state index is -2.45. The molecule has 6 heteroatoms. The summed E-state index contributed by atoms with van der Waals surface area (Å²) < 4.78 is 34.0. The lowest BCUT2D eigenvalue weighted by Crippen LogP contribution is -2.05. The molecule has 1 unspecified atom stereocenters. The molecular weight excluding hydrogens is 209 g/mol. The summed E-state index contributed by atoms with van der Waals surface area (Å²) in [5.41, 5.74) is 0.465. The molecule has 1 aromatic carbocycles. The van der Waals surface area contributed by atoms with E-state index in [0.717, 1.165) is 0 Å². The van der Waals surface area contributed by atoms with Gasteiger partial charge in [0.25, 0.3) is 0 Å². The molecule has 78 valence electrons. The molecule has 0 spiro atoms. The summed E-state index contributed by atoms with van der Waals surface area (Å²) >= 11 is -2.45. The van der Waals surface area contributed by atoms with Gasteiger partial charge in [0.15, 0.2) is 0 Å². The molecule has 0 fully saturated rings. The molecule has 0 saturated heterocycles. The van der Waals surface area contributed by atoms with Gasteiger partial charge in [0, 0.05) is 10.5 Å². The fourth-order valence-corrected chi connectivity index (χ4v) is 1.87. The minimum absolute atomic E-state index is 0.0340. The third-order valence-electron chi connectivity index (χ3n) is 1.77. The van der Waals surface area contributed by atoms with E-state index in [4.69, 9.17) is 5.90 Å². The Balaban J connectivity index is 3.34. The summed E-state index contributed by atoms with van der Waals surface area (Å²) in [5.74, 6) is 5.13. The molecule has 4 nitrogen and oxygen atoms in total. The topological polar surface area (TPSA) is 75.4 Å². The highest BCUT2D eigenvalue weighted by atomic mass is 32.2. The lowest BCUT2D eigenvalue weighted by molar-refractivity contribution is 0.332. The summed E-state index contributed by atoms with van der Waals surface area (Å²) in [4.78, 5) is 4.37. The fraction of sp³-hybridized carbons (Fsp3) is 0.250. The maximum Gasteiger partial charge on any atom is 0.147 e. The van der Waals surface area contributed by atoms with Crippen LogP contribution in [0.15, 0.2) is 17.0 Å². The predicted molar refractivity (Wildman–Crippen MR) is 48.0 cm³/mol. The highest BCUT2D eigenvalue weighted by Gasteiger charge is 2.09. The van der Waals surface area contributed by atoms with E-state index in [1.54, 1.807) is 6.92 Å². The first-order valence-electron chi connectivity index (χ1n) is 3.75. The fourth-order valence-electron chi connectivity index (χ4n) is 1.22. The van der Waals surface area contributed by atoms with Gasteiger partial charge < -0.3 is 9.39 Å². The van der Waals surface area contributed by atoms with Crippen LogP contribution in [0.25, 0.3) is 0 Å². The van der Waals surface area contributed by atoms with Crippen LogP contribution in [-0.4, -0.2) is 8.76 Å². The Morgan fingerprint density at radius 3 is 2.71 bits per heavy atom. The van der Waals surface area contributed by atoms with Gasteiger partial charge in [-0.05, 0) is 35.7 Å². The van der Waals surface area contributed by atoms with Crippen molar-refractivity contribution in [3.05, 3.63) is 23.3 Å². The van der Waals surface area contributed by atoms with Crippen molar-refractivity contribution >= 4 is 11.1 Å². The number of aryl methyl sites for hydroxylation is 1. The normalized spacial score (nSPS) is 12.6. The van der Waals surface area contributed by atoms with E-state index in [1.807, 2.05) is 0 Å². The smallest absolute Gasteiger partial charge is 0.147 e. The molecule has 0 saturated carbocycles. The summed E-state index contributed by atoms with van der Waals surface area (Å²) in [6, 6.07) is 2.70. The summed E-state index contributed by atoms with van der Waals surface area (Å²) in [7, 11) is 0. The van der Waals surface area contributed by atoms with Crippen LogP contribution in [0.4, 0.5) is 4.39 Å². The number of hydrogen-bond acceptors (Lipinski definition) is 4. The van der Waals surface area contributed by atoms with E-state index in [2.05, 4.69) is 4.84 Å². The Kier molecular flexibility index (Phi) is 3.56. The van der Waals surface area contributed by atoms with Crippen LogP contribution in [-0.2, 0) is 17.8 Å². The van der Waals surface area contributed by atoms with Crippen LogP contribution < -0.4 is 10.7 Å². The zero-order chi connectivity index (χ0) is 10.7. The van der Waals surface area contributed by atoms with Crippen molar-refractivity contribution in [1.29, 1.82) is 0 Å². The van der Waals surface area contributed by atoms with Crippen molar-refractivity contribution in [2.75, 3.05) is 0 Å². The summed E-state index contributed by atoms with van der Waals surface area (Å²) in [6.45, 7) is 0.675. The Hall–Kier alpha value is -0.980. The number of nitrogens with two attached hydrogens (primary N) is 1. The van der Waals surface area contributed by atoms with Crippen LogP contribution in [0.3, 0.4) is 0 Å². The average molecular weight is 218 g/mol. The van der Waals surface area contributed by atoms with Gasteiger partial charge in [0.1, 0.15) is 12.4 Å². The van der Waals surface area contributed by atoms with Crippen molar-refractivity contribution in [3.8, 4) is 5.75 Å². The standard InChI is InChI=1S/C8H10FNO3S/c1-5-2-7(13-10)3-6(4-9)8(5)14(11)12/h2-3H,4,10H2,1H3,(H,11,12)/p-1. The third kappa shape index (κ3) is 2.09. The van der Waals surface area contributed by atoms with Gasteiger partial charge in [0.05, 0.1) is 0 Å². The second kappa shape index (κ2) is 4.50. The minimum Gasteiger partial charge on any atom is -0.768 e. The predicted octanol–water partition coefficient (Wildman–Crippen LogP) is 0.955. The van der Waals surface area contributed by atoms with Gasteiger partial charge in [-0.25, -0.2) is 4.39 Å². The van der Waals surface area contributed by atoms with Crippen molar-refractivity contribution in [2.24, 2.45) is 5.90 Å². The third-order valence-corrected chi connectivity index (χ3v) is 2.69. The van der Waals surface area contributed by atoms with Crippen molar-refractivity contribution in [3.63, 3.8) is 0 Å². The van der Waals surface area contributed by atoms with Gasteiger partial charge in [-0.2, -0.15) is 5.90 Å². The Bertz CT molecular complexity index is 370. The van der Waals surface area contributed by atoms with Gasteiger partial charge >= 0.3 is 0 Å². The summed E-state index contributed by atoms with van der Waals surface area (Å²) in [6.07, 6.45) is 0. The molecule has 1 rings (SSSR count). The van der Waals surface area contributed by atoms with Gasteiger partial charge in [-0.15, -0.1) is 0 Å². The molecule has 0 amide bonds. The van der Waals surface area contributed by atoms with E-state index in [9.17, 15) is 13.2 Å². The lowest BCUT2D eigenvalue weighted by atomic mass is 10.1. The number of hydrogen-bond donors (Lipinski definition) is 1. The van der Waals surface area contributed by atoms with E-state index in [0.29, 0.717) is 5.56 Å². The first-order chi connectivity index (χ1) is 6.60. The van der Waals surface area contributed by atoms with E-state index < -0.39 is 17.8 Å². The van der Waals surface area contributed by atoms with Crippen LogP contribution in [0.5, 0.6) is 5.75 Å². The van der Waals surface area contributed by atoms with Gasteiger partial charge in [0.2, 0.25) is 0 Å². The highest BCUT2D eigenvalue weighted by Crippen LogP contribution is 2.24. The Morgan fingerprint density at radius 1 is 1.64 bits per heavy atom. The second-order valence-electron chi connectivity index (χ2n) is 2.71. The average Bonchev–Trinajstić information content (AvgIpc) is 2.15. The van der Waals surface area contributed by atoms with Crippen molar-refractivity contribution < 1.29 is 18.0 Å². The molecule has 0 heterocycles. The number of alkyl halides is 1. The largest absolute Gasteiger partial charge is 0.768 e. The van der Waals surface area contributed by atoms with E-state index >= 15 is 0 Å². The number of benzene rings is 1. The second-order valence-corrected chi connectivity index (χ2v) is 3.59. The van der Waals surface area contributed by atoms with Crippen molar-refractivity contribution in [2.45, 2.75) is 18.5 Å². The van der Waals surface area contributed by atoms with Crippen LogP contribution in [0.2, 0.25) is 0 Å². The molecule has 1 aromatic rings. The van der Waals surface area contributed by atoms with Crippen LogP contribution >= 0.6 is 0 Å². The SMILES string of the molecule is Cc1cc(ON)cc(CF)c1S(=O)[O-]. The van der Waals surface area contributed by atoms with E-state index in [1.165, 1.54) is 12.1 Å². The molecule has 14 heavy (non-hydrogen) atoms. The van der Waals surface area contributed by atoms with Gasteiger partial charge in [-0.1, -0.05) is 0 Å². The van der Waals surface area contributed by atoms with Crippen molar-refractivity contribution in [1.82, 2.24) is 0 Å². The quantitative estimate of drug-likeness (QED) is 0.605. The Morgan fingerprint density at radius 2 is 2.29 bits per heavy atom. The zero-order valence-corrected chi connectivity index (χ0v) is 8.27. The van der Waals surface area contributed by atoms with Crippen LogP contribution in [0, 0.1) is 6.92 Å². The monoisotopic (exact) mass is 218 g/mol. The molecule has 0 aliphatic rings. The first kappa shape index (κ1) is 11.1. The highest BCUT2D eigenvalue weighted by molar-refractivity contribution is 7.79. The lowest BCUT2D eigenvalue weighted by Gasteiger charge is -2.14. The molecule has 0 bridgehead atoms. The maximum atomic E-state index is 12.5. The molecular formula is C8H9FNO3S-.